The molecule has 0 N–H and O–H groups in total. The van der Waals surface area contributed by atoms with E-state index in [-0.39, 0.29) is 0 Å². The number of anilines is 1. The minimum atomic E-state index is 0.632. The van der Waals surface area contributed by atoms with Gasteiger partial charge in [-0.25, -0.2) is 15.0 Å². The van der Waals surface area contributed by atoms with E-state index in [1.54, 1.807) is 11.3 Å². The molecule has 0 atom stereocenters. The molecule has 1 fully saturated rings. The zero-order valence-corrected chi connectivity index (χ0v) is 15.2. The Morgan fingerprint density at radius 3 is 2.92 bits per heavy atom. The Bertz CT molecular complexity index is 731. The van der Waals surface area contributed by atoms with Crippen molar-refractivity contribution < 1.29 is 4.74 Å². The molecular weight excluding hydrogens is 346 g/mol. The number of nitrogens with zero attached hydrogens (tertiary/aromatic N) is 5. The number of ether oxygens (including phenoxy) is 1. The van der Waals surface area contributed by atoms with Crippen LogP contribution in [0.1, 0.15) is 22.0 Å². The van der Waals surface area contributed by atoms with E-state index in [4.69, 9.17) is 16.3 Å². The Balaban J connectivity index is 1.46. The van der Waals surface area contributed by atoms with Crippen LogP contribution >= 0.6 is 22.9 Å². The standard InChI is InChI=1S/C16H20ClN5OS/c1-11-18-8-12-9-21(3-2-13(12)19-11)10-14-15(17)20-16(24-14)22-4-6-23-7-5-22/h8H,2-7,9-10H2,1H3. The molecule has 2 aromatic rings. The van der Waals surface area contributed by atoms with Crippen LogP contribution in [-0.2, 0) is 24.2 Å². The SMILES string of the molecule is Cc1ncc2c(n1)CCN(Cc1sc(N3CCOCC3)nc1Cl)C2. The second-order valence-corrected chi connectivity index (χ2v) is 7.58. The second-order valence-electron chi connectivity index (χ2n) is 6.16. The molecular formula is C16H20ClN5OS. The summed E-state index contributed by atoms with van der Waals surface area (Å²) in [6, 6.07) is 0. The quantitative estimate of drug-likeness (QED) is 0.831. The molecule has 0 unspecified atom stereocenters. The summed E-state index contributed by atoms with van der Waals surface area (Å²) >= 11 is 8.09. The number of aromatic nitrogens is 3. The van der Waals surface area contributed by atoms with Gasteiger partial charge in [-0.05, 0) is 6.92 Å². The molecule has 0 bridgehead atoms. The van der Waals surface area contributed by atoms with Crippen LogP contribution in [0.2, 0.25) is 5.15 Å². The van der Waals surface area contributed by atoms with E-state index in [0.29, 0.717) is 5.15 Å². The summed E-state index contributed by atoms with van der Waals surface area (Å²) in [6.45, 7) is 7.92. The van der Waals surface area contributed by atoms with Gasteiger partial charge in [-0.1, -0.05) is 22.9 Å². The van der Waals surface area contributed by atoms with Crippen molar-refractivity contribution in [3.8, 4) is 0 Å². The monoisotopic (exact) mass is 365 g/mol. The number of morpholine rings is 1. The largest absolute Gasteiger partial charge is 0.378 e. The first-order chi connectivity index (χ1) is 11.7. The number of fused-ring (bicyclic) bond motifs is 1. The maximum absolute atomic E-state index is 6.39. The Morgan fingerprint density at radius 1 is 1.25 bits per heavy atom. The van der Waals surface area contributed by atoms with Crippen molar-refractivity contribution in [1.82, 2.24) is 19.9 Å². The zero-order chi connectivity index (χ0) is 16.5. The fraction of sp³-hybridized carbons (Fsp3) is 0.562. The van der Waals surface area contributed by atoms with Crippen molar-refractivity contribution in [1.29, 1.82) is 0 Å². The highest BCUT2D eigenvalue weighted by Crippen LogP contribution is 2.32. The molecule has 0 aliphatic carbocycles. The molecule has 1 saturated heterocycles. The summed E-state index contributed by atoms with van der Waals surface area (Å²) in [7, 11) is 0. The van der Waals surface area contributed by atoms with Crippen molar-refractivity contribution in [3.63, 3.8) is 0 Å². The number of hydrogen-bond donors (Lipinski definition) is 0. The average Bonchev–Trinajstić information content (AvgIpc) is 2.97. The fourth-order valence-corrected chi connectivity index (χ4v) is 4.47. The van der Waals surface area contributed by atoms with E-state index < -0.39 is 0 Å². The van der Waals surface area contributed by atoms with Gasteiger partial charge in [0, 0.05) is 56.6 Å². The van der Waals surface area contributed by atoms with Crippen LogP contribution in [0.3, 0.4) is 0 Å². The third-order valence-electron chi connectivity index (χ3n) is 4.42. The zero-order valence-electron chi connectivity index (χ0n) is 13.7. The maximum Gasteiger partial charge on any atom is 0.187 e. The van der Waals surface area contributed by atoms with Gasteiger partial charge in [-0.15, -0.1) is 0 Å². The molecule has 24 heavy (non-hydrogen) atoms. The van der Waals surface area contributed by atoms with Gasteiger partial charge in [0.2, 0.25) is 0 Å². The molecule has 128 valence electrons. The van der Waals surface area contributed by atoms with Crippen LogP contribution in [0, 0.1) is 6.92 Å². The highest BCUT2D eigenvalue weighted by molar-refractivity contribution is 7.16. The molecule has 4 heterocycles. The van der Waals surface area contributed by atoms with Crippen LogP contribution in [0.4, 0.5) is 5.13 Å². The van der Waals surface area contributed by atoms with Crippen LogP contribution in [0.5, 0.6) is 0 Å². The van der Waals surface area contributed by atoms with Crippen molar-refractivity contribution in [2.75, 3.05) is 37.7 Å². The molecule has 0 aromatic carbocycles. The summed E-state index contributed by atoms with van der Waals surface area (Å²) in [5.74, 6) is 0.850. The van der Waals surface area contributed by atoms with Gasteiger partial charge in [0.05, 0.1) is 18.1 Å². The summed E-state index contributed by atoms with van der Waals surface area (Å²) in [4.78, 5) is 19.2. The van der Waals surface area contributed by atoms with E-state index in [1.165, 1.54) is 11.3 Å². The normalized spacial score (nSPS) is 18.7. The van der Waals surface area contributed by atoms with Gasteiger partial charge >= 0.3 is 0 Å². The third kappa shape index (κ3) is 3.39. The fourth-order valence-electron chi connectivity index (χ4n) is 3.12. The minimum Gasteiger partial charge on any atom is -0.378 e. The van der Waals surface area contributed by atoms with Crippen LogP contribution in [-0.4, -0.2) is 52.7 Å². The lowest BCUT2D eigenvalue weighted by atomic mass is 10.1. The van der Waals surface area contributed by atoms with E-state index in [1.807, 2.05) is 13.1 Å². The van der Waals surface area contributed by atoms with Crippen molar-refractivity contribution in [3.05, 3.63) is 33.3 Å². The van der Waals surface area contributed by atoms with Gasteiger partial charge in [0.1, 0.15) is 11.0 Å². The molecule has 0 saturated carbocycles. The lowest BCUT2D eigenvalue weighted by molar-refractivity contribution is 0.122. The van der Waals surface area contributed by atoms with Crippen LogP contribution in [0.15, 0.2) is 6.20 Å². The third-order valence-corrected chi connectivity index (χ3v) is 5.95. The highest BCUT2D eigenvalue weighted by Gasteiger charge is 2.22. The number of rotatable bonds is 3. The van der Waals surface area contributed by atoms with Gasteiger partial charge in [0.25, 0.3) is 0 Å². The van der Waals surface area contributed by atoms with Crippen LogP contribution in [0.25, 0.3) is 0 Å². The first-order valence-electron chi connectivity index (χ1n) is 8.20. The predicted molar refractivity (Wildman–Crippen MR) is 94.7 cm³/mol. The predicted octanol–water partition coefficient (Wildman–Crippen LogP) is 2.29. The van der Waals surface area contributed by atoms with E-state index in [0.717, 1.165) is 68.2 Å². The number of thiazole rings is 1. The first kappa shape index (κ1) is 16.2. The van der Waals surface area contributed by atoms with Crippen molar-refractivity contribution >= 4 is 28.1 Å². The van der Waals surface area contributed by atoms with Gasteiger partial charge in [-0.2, -0.15) is 0 Å². The average molecular weight is 366 g/mol. The highest BCUT2D eigenvalue weighted by atomic mass is 35.5. The molecule has 2 aliphatic heterocycles. The van der Waals surface area contributed by atoms with Gasteiger partial charge < -0.3 is 9.64 Å². The molecule has 0 amide bonds. The second kappa shape index (κ2) is 6.92. The minimum absolute atomic E-state index is 0.632. The first-order valence-corrected chi connectivity index (χ1v) is 9.40. The molecule has 0 radical (unpaired) electrons. The number of hydrogen-bond acceptors (Lipinski definition) is 7. The molecule has 0 spiro atoms. The summed E-state index contributed by atoms with van der Waals surface area (Å²) in [6.07, 6.45) is 2.92. The van der Waals surface area contributed by atoms with Gasteiger partial charge in [0.15, 0.2) is 5.13 Å². The van der Waals surface area contributed by atoms with Crippen molar-refractivity contribution in [2.24, 2.45) is 0 Å². The summed E-state index contributed by atoms with van der Waals surface area (Å²) < 4.78 is 5.40. The van der Waals surface area contributed by atoms with Crippen LogP contribution < -0.4 is 4.90 Å². The molecule has 2 aromatic heterocycles. The lowest BCUT2D eigenvalue weighted by Crippen LogP contribution is -2.36. The maximum atomic E-state index is 6.39. The molecule has 4 rings (SSSR count). The Kier molecular flexibility index (Phi) is 4.67. The van der Waals surface area contributed by atoms with Crippen molar-refractivity contribution in [2.45, 2.75) is 26.4 Å². The molecule has 8 heteroatoms. The van der Waals surface area contributed by atoms with E-state index in [2.05, 4.69) is 24.8 Å². The van der Waals surface area contributed by atoms with Gasteiger partial charge in [-0.3, -0.25) is 4.90 Å². The molecule has 2 aliphatic rings. The smallest absolute Gasteiger partial charge is 0.187 e. The Labute approximate surface area is 150 Å². The Morgan fingerprint density at radius 2 is 2.08 bits per heavy atom. The number of halogens is 1. The van der Waals surface area contributed by atoms with E-state index >= 15 is 0 Å². The summed E-state index contributed by atoms with van der Waals surface area (Å²) in [5.41, 5.74) is 2.41. The number of aryl methyl sites for hydroxylation is 1. The topological polar surface area (TPSA) is 54.4 Å². The molecule has 6 nitrogen and oxygen atoms in total. The summed E-state index contributed by atoms with van der Waals surface area (Å²) in [5, 5.41) is 1.64. The lowest BCUT2D eigenvalue weighted by Gasteiger charge is -2.27. The van der Waals surface area contributed by atoms with E-state index in [9.17, 15) is 0 Å². The Hall–Kier alpha value is -1.28.